The van der Waals surface area contributed by atoms with Gasteiger partial charge in [-0.15, -0.1) is 0 Å². The number of rotatable bonds is 10. The number of aromatic nitrogens is 1. The molecule has 0 fully saturated rings. The Morgan fingerprint density at radius 2 is 1.92 bits per heavy atom. The highest BCUT2D eigenvalue weighted by molar-refractivity contribution is 5.79. The Kier molecular flexibility index (Phi) is 9.00. The van der Waals surface area contributed by atoms with E-state index in [1.54, 1.807) is 13.3 Å². The number of guanidine groups is 1. The smallest absolute Gasteiger partial charge is 0.218 e. The van der Waals surface area contributed by atoms with Crippen LogP contribution in [0.3, 0.4) is 0 Å². The van der Waals surface area contributed by atoms with Gasteiger partial charge >= 0.3 is 0 Å². The molecular weight excluding hydrogens is 328 g/mol. The van der Waals surface area contributed by atoms with Crippen molar-refractivity contribution in [1.29, 1.82) is 0 Å². The Hall–Kier alpha value is -2.60. The molecule has 0 saturated carbocycles. The third-order valence-corrected chi connectivity index (χ3v) is 3.68. The van der Waals surface area contributed by atoms with Crippen molar-refractivity contribution in [2.75, 3.05) is 33.4 Å². The number of ether oxygens (including phenoxy) is 2. The van der Waals surface area contributed by atoms with E-state index >= 15 is 0 Å². The number of nitrogens with one attached hydrogen (secondary N) is 2. The predicted molar refractivity (Wildman–Crippen MR) is 105 cm³/mol. The number of benzene rings is 1. The summed E-state index contributed by atoms with van der Waals surface area (Å²) in [6.45, 7) is 5.18. The number of methoxy groups -OCH3 is 1. The molecule has 6 nitrogen and oxygen atoms in total. The van der Waals surface area contributed by atoms with Gasteiger partial charge in [-0.2, -0.15) is 0 Å². The number of hydrogen-bond donors (Lipinski definition) is 2. The van der Waals surface area contributed by atoms with E-state index in [9.17, 15) is 0 Å². The average molecular weight is 356 g/mol. The summed E-state index contributed by atoms with van der Waals surface area (Å²) in [5.74, 6) is 1.39. The van der Waals surface area contributed by atoms with Gasteiger partial charge in [0.15, 0.2) is 5.96 Å². The summed E-state index contributed by atoms with van der Waals surface area (Å²) >= 11 is 0. The van der Waals surface area contributed by atoms with Gasteiger partial charge in [-0.25, -0.2) is 9.98 Å². The van der Waals surface area contributed by atoms with Crippen LogP contribution in [0, 0.1) is 0 Å². The molecule has 1 aromatic heterocycles. The van der Waals surface area contributed by atoms with Gasteiger partial charge in [-0.3, -0.25) is 0 Å². The van der Waals surface area contributed by atoms with Crippen molar-refractivity contribution in [3.05, 3.63) is 59.8 Å². The zero-order chi connectivity index (χ0) is 18.5. The number of aliphatic imine (C=N–C) groups is 1. The lowest BCUT2D eigenvalue weighted by atomic mass is 10.1. The summed E-state index contributed by atoms with van der Waals surface area (Å²) in [7, 11) is 1.65. The van der Waals surface area contributed by atoms with E-state index in [0.717, 1.165) is 31.0 Å². The van der Waals surface area contributed by atoms with Gasteiger partial charge in [0.2, 0.25) is 5.88 Å². The van der Waals surface area contributed by atoms with Gasteiger partial charge in [-0.05, 0) is 25.0 Å². The largest absolute Gasteiger partial charge is 0.475 e. The first-order valence-corrected chi connectivity index (χ1v) is 8.95. The second-order valence-electron chi connectivity index (χ2n) is 5.67. The van der Waals surface area contributed by atoms with Crippen molar-refractivity contribution in [2.24, 2.45) is 4.99 Å². The Morgan fingerprint density at radius 1 is 1.08 bits per heavy atom. The average Bonchev–Trinajstić information content (AvgIpc) is 2.68. The van der Waals surface area contributed by atoms with Gasteiger partial charge in [0, 0.05) is 32.0 Å². The van der Waals surface area contributed by atoms with Gasteiger partial charge in [0.25, 0.3) is 0 Å². The minimum atomic E-state index is 0.472. The zero-order valence-corrected chi connectivity index (χ0v) is 15.6. The van der Waals surface area contributed by atoms with Gasteiger partial charge < -0.3 is 20.1 Å². The van der Waals surface area contributed by atoms with E-state index in [2.05, 4.69) is 51.8 Å². The quantitative estimate of drug-likeness (QED) is 0.389. The highest BCUT2D eigenvalue weighted by atomic mass is 16.5. The lowest BCUT2D eigenvalue weighted by Gasteiger charge is -2.12. The summed E-state index contributed by atoms with van der Waals surface area (Å²) in [6.07, 6.45) is 2.67. The summed E-state index contributed by atoms with van der Waals surface area (Å²) in [5, 5.41) is 6.64. The SMILES string of the molecule is CCNC(=NCc1cccnc1OCCOC)NCCc1ccccc1. The molecule has 0 aliphatic carbocycles. The van der Waals surface area contributed by atoms with E-state index in [0.29, 0.717) is 25.6 Å². The van der Waals surface area contributed by atoms with Gasteiger partial charge in [0.1, 0.15) is 6.61 Å². The molecule has 26 heavy (non-hydrogen) atoms. The molecule has 0 aliphatic rings. The summed E-state index contributed by atoms with van der Waals surface area (Å²) in [6, 6.07) is 14.3. The van der Waals surface area contributed by atoms with E-state index in [1.165, 1.54) is 5.56 Å². The first-order chi connectivity index (χ1) is 12.8. The van der Waals surface area contributed by atoms with Gasteiger partial charge in [-0.1, -0.05) is 36.4 Å². The topological polar surface area (TPSA) is 67.8 Å². The first-order valence-electron chi connectivity index (χ1n) is 8.95. The molecule has 0 saturated heterocycles. The van der Waals surface area contributed by atoms with Crippen LogP contribution in [0.1, 0.15) is 18.1 Å². The number of hydrogen-bond acceptors (Lipinski definition) is 4. The third kappa shape index (κ3) is 7.11. The molecule has 2 rings (SSSR count). The molecule has 0 aliphatic heterocycles. The zero-order valence-electron chi connectivity index (χ0n) is 15.6. The monoisotopic (exact) mass is 356 g/mol. The Morgan fingerprint density at radius 3 is 2.69 bits per heavy atom. The number of pyridine rings is 1. The fourth-order valence-electron chi connectivity index (χ4n) is 2.37. The van der Waals surface area contributed by atoms with Crippen molar-refractivity contribution >= 4 is 5.96 Å². The van der Waals surface area contributed by atoms with Crippen molar-refractivity contribution in [3.8, 4) is 5.88 Å². The summed E-state index contributed by atoms with van der Waals surface area (Å²) in [5.41, 5.74) is 2.25. The Labute approximate surface area is 155 Å². The Bertz CT molecular complexity index is 662. The molecular formula is C20H28N4O2. The standard InChI is InChI=1S/C20H28N4O2/c1-3-21-20(23-13-11-17-8-5-4-6-9-17)24-16-18-10-7-12-22-19(18)26-15-14-25-2/h4-10,12H,3,11,13-16H2,1-2H3,(H2,21,23,24). The minimum Gasteiger partial charge on any atom is -0.475 e. The fraction of sp³-hybridized carbons (Fsp3) is 0.400. The van der Waals surface area contributed by atoms with Crippen LogP contribution >= 0.6 is 0 Å². The maximum Gasteiger partial charge on any atom is 0.218 e. The second kappa shape index (κ2) is 11.9. The van der Waals surface area contributed by atoms with Crippen molar-refractivity contribution in [1.82, 2.24) is 15.6 Å². The molecule has 2 N–H and O–H groups in total. The summed E-state index contributed by atoms with van der Waals surface area (Å²) < 4.78 is 10.7. The molecule has 6 heteroatoms. The number of nitrogens with zero attached hydrogens (tertiary/aromatic N) is 2. The molecule has 0 spiro atoms. The van der Waals surface area contributed by atoms with E-state index in [1.807, 2.05) is 18.2 Å². The van der Waals surface area contributed by atoms with Crippen LogP contribution in [-0.2, 0) is 17.7 Å². The third-order valence-electron chi connectivity index (χ3n) is 3.68. The molecule has 0 bridgehead atoms. The lowest BCUT2D eigenvalue weighted by molar-refractivity contribution is 0.143. The normalized spacial score (nSPS) is 11.2. The Balaban J connectivity index is 1.91. The minimum absolute atomic E-state index is 0.472. The first kappa shape index (κ1) is 19.7. The van der Waals surface area contributed by atoms with Crippen LogP contribution in [0.2, 0.25) is 0 Å². The van der Waals surface area contributed by atoms with E-state index in [-0.39, 0.29) is 0 Å². The molecule has 2 aromatic rings. The van der Waals surface area contributed by atoms with Crippen LogP contribution in [-0.4, -0.2) is 44.4 Å². The molecule has 140 valence electrons. The summed E-state index contributed by atoms with van der Waals surface area (Å²) in [4.78, 5) is 8.94. The van der Waals surface area contributed by atoms with Crippen LogP contribution in [0.5, 0.6) is 5.88 Å². The van der Waals surface area contributed by atoms with Crippen LogP contribution < -0.4 is 15.4 Å². The molecule has 1 heterocycles. The molecule has 0 radical (unpaired) electrons. The van der Waals surface area contributed by atoms with Crippen LogP contribution in [0.25, 0.3) is 0 Å². The molecule has 1 aromatic carbocycles. The molecule has 0 unspecified atom stereocenters. The van der Waals surface area contributed by atoms with Crippen molar-refractivity contribution in [2.45, 2.75) is 19.9 Å². The predicted octanol–water partition coefficient (Wildman–Crippen LogP) is 2.40. The maximum absolute atomic E-state index is 5.66. The van der Waals surface area contributed by atoms with Crippen molar-refractivity contribution < 1.29 is 9.47 Å². The molecule has 0 amide bonds. The van der Waals surface area contributed by atoms with Crippen LogP contribution in [0.4, 0.5) is 0 Å². The van der Waals surface area contributed by atoms with Gasteiger partial charge in [0.05, 0.1) is 13.2 Å². The second-order valence-corrected chi connectivity index (χ2v) is 5.67. The fourth-order valence-corrected chi connectivity index (χ4v) is 2.37. The lowest BCUT2D eigenvalue weighted by Crippen LogP contribution is -2.38. The van der Waals surface area contributed by atoms with E-state index in [4.69, 9.17) is 9.47 Å². The van der Waals surface area contributed by atoms with Crippen LogP contribution in [0.15, 0.2) is 53.7 Å². The van der Waals surface area contributed by atoms with E-state index < -0.39 is 0 Å². The highest BCUT2D eigenvalue weighted by Crippen LogP contribution is 2.15. The highest BCUT2D eigenvalue weighted by Gasteiger charge is 2.05. The molecule has 0 atom stereocenters. The maximum atomic E-state index is 5.66. The van der Waals surface area contributed by atoms with Crippen molar-refractivity contribution in [3.63, 3.8) is 0 Å².